The molecule has 4 rings (SSSR count). The number of likely N-dealkylation sites (N-methyl/N-ethyl adjacent to an activating group) is 1. The number of aliphatic hydroxyl groups is 2. The van der Waals surface area contributed by atoms with Crippen molar-refractivity contribution in [3.05, 3.63) is 40.0 Å². The lowest BCUT2D eigenvalue weighted by molar-refractivity contribution is -0.144. The van der Waals surface area contributed by atoms with Crippen molar-refractivity contribution in [3.63, 3.8) is 0 Å². The van der Waals surface area contributed by atoms with Crippen molar-refractivity contribution in [1.82, 2.24) is 4.90 Å². The maximum atomic E-state index is 13.5. The zero-order valence-corrected chi connectivity index (χ0v) is 19.4. The number of aliphatic hydroxyl groups excluding tert-OH is 2. The van der Waals surface area contributed by atoms with Crippen LogP contribution in [0.5, 0.6) is 5.75 Å². The number of phenols is 1. The fourth-order valence-electron chi connectivity index (χ4n) is 5.21. The van der Waals surface area contributed by atoms with Crippen LogP contribution in [0.1, 0.15) is 59.1 Å². The number of Topliss-reactive ketones (excluding diaryl/α,β-unsaturated/α-hetero) is 2. The Balaban J connectivity index is 1.76. The summed E-state index contributed by atoms with van der Waals surface area (Å²) >= 11 is 0. The molecule has 1 saturated heterocycles. The van der Waals surface area contributed by atoms with Crippen molar-refractivity contribution in [2.75, 3.05) is 14.1 Å². The average Bonchev–Trinajstić information content (AvgIpc) is 2.75. The molecule has 0 radical (unpaired) electrons. The first-order valence-corrected chi connectivity index (χ1v) is 11.2. The van der Waals surface area contributed by atoms with E-state index in [0.29, 0.717) is 12.0 Å². The maximum Gasteiger partial charge on any atom is 0.306 e. The molecule has 10 nitrogen and oxygen atoms in total. The van der Waals surface area contributed by atoms with Crippen LogP contribution < -0.4 is 0 Å². The standard InChI is InChI=1S/C24H29NO9/c1-9-17-19(23(31)15(33-9)8-16(26)27)24(32)18-12(22(17)30)6-5-11(21(18)29)14-7-13(25(3)4)20(28)10(2)34-14/h5-6,9-10,13-15,20,23,28-29,31H,7-8H2,1-4H3,(H,26,27). The minimum absolute atomic E-state index is 0.0163. The number of hydrogen-bond acceptors (Lipinski definition) is 9. The van der Waals surface area contributed by atoms with Gasteiger partial charge in [-0.05, 0) is 40.4 Å². The molecule has 1 aromatic rings. The van der Waals surface area contributed by atoms with Crippen LogP contribution in [-0.4, -0.2) is 93.5 Å². The molecular weight excluding hydrogens is 446 g/mol. The molecule has 0 amide bonds. The number of aliphatic carboxylic acids is 1. The fourth-order valence-corrected chi connectivity index (χ4v) is 5.21. The summed E-state index contributed by atoms with van der Waals surface area (Å²) in [5.41, 5.74) is -0.234. The zero-order chi connectivity index (χ0) is 25.1. The normalized spacial score (nSPS) is 33.7. The molecule has 0 spiro atoms. The number of carboxylic acids is 1. The molecule has 3 aliphatic rings. The summed E-state index contributed by atoms with van der Waals surface area (Å²) in [6.45, 7) is 3.24. The summed E-state index contributed by atoms with van der Waals surface area (Å²) < 4.78 is 11.5. The molecule has 0 bridgehead atoms. The molecular formula is C24H29NO9. The van der Waals surface area contributed by atoms with Gasteiger partial charge in [-0.1, -0.05) is 6.07 Å². The summed E-state index contributed by atoms with van der Waals surface area (Å²) in [5, 5.41) is 41.5. The highest BCUT2D eigenvalue weighted by atomic mass is 16.5. The topological polar surface area (TPSA) is 154 Å². The van der Waals surface area contributed by atoms with Gasteiger partial charge >= 0.3 is 5.97 Å². The first-order valence-electron chi connectivity index (χ1n) is 11.2. The predicted octanol–water partition coefficient (Wildman–Crippen LogP) is 0.832. The zero-order valence-electron chi connectivity index (χ0n) is 19.4. The van der Waals surface area contributed by atoms with Gasteiger partial charge in [0.2, 0.25) is 0 Å². The van der Waals surface area contributed by atoms with Crippen molar-refractivity contribution in [2.24, 2.45) is 0 Å². The third-order valence-corrected chi connectivity index (χ3v) is 6.99. The van der Waals surface area contributed by atoms with E-state index in [9.17, 15) is 29.7 Å². The van der Waals surface area contributed by atoms with Crippen LogP contribution in [0.15, 0.2) is 23.3 Å². The summed E-state index contributed by atoms with van der Waals surface area (Å²) in [7, 11) is 3.65. The Morgan fingerprint density at radius 1 is 1.09 bits per heavy atom. The lowest BCUT2D eigenvalue weighted by Gasteiger charge is -2.41. The number of hydrogen-bond donors (Lipinski definition) is 4. The monoisotopic (exact) mass is 475 g/mol. The van der Waals surface area contributed by atoms with Crippen molar-refractivity contribution < 1.29 is 44.3 Å². The number of ketones is 2. The number of carboxylic acid groups (broad SMARTS) is 1. The Labute approximate surface area is 196 Å². The maximum absolute atomic E-state index is 13.5. The first kappa shape index (κ1) is 24.5. The van der Waals surface area contributed by atoms with Gasteiger partial charge in [-0.3, -0.25) is 14.4 Å². The number of carbonyl (C=O) groups excluding carboxylic acids is 2. The van der Waals surface area contributed by atoms with Crippen LogP contribution in [-0.2, 0) is 14.3 Å². The molecule has 1 fully saturated rings. The summed E-state index contributed by atoms with van der Waals surface area (Å²) in [6, 6.07) is 2.72. The lowest BCUT2D eigenvalue weighted by Crippen LogP contribution is -2.50. The van der Waals surface area contributed by atoms with E-state index in [1.165, 1.54) is 19.1 Å². The quantitative estimate of drug-likeness (QED) is 0.492. The van der Waals surface area contributed by atoms with E-state index < -0.39 is 66.3 Å². The molecule has 4 N–H and O–H groups in total. The largest absolute Gasteiger partial charge is 0.507 e. The number of fused-ring (bicyclic) bond motifs is 1. The molecule has 1 aliphatic carbocycles. The van der Waals surface area contributed by atoms with Crippen molar-refractivity contribution in [2.45, 2.75) is 69.4 Å². The molecule has 0 aromatic heterocycles. The van der Waals surface area contributed by atoms with E-state index in [2.05, 4.69) is 0 Å². The predicted molar refractivity (Wildman–Crippen MR) is 118 cm³/mol. The van der Waals surface area contributed by atoms with E-state index in [4.69, 9.17) is 14.6 Å². The highest BCUT2D eigenvalue weighted by Gasteiger charge is 2.47. The number of nitrogens with zero attached hydrogens (tertiary/aromatic N) is 1. The van der Waals surface area contributed by atoms with Crippen LogP contribution in [0.25, 0.3) is 0 Å². The highest BCUT2D eigenvalue weighted by molar-refractivity contribution is 6.29. The number of aromatic hydroxyl groups is 1. The van der Waals surface area contributed by atoms with Gasteiger partial charge < -0.3 is 34.8 Å². The number of phenolic OH excluding ortho intramolecular Hbond substituents is 1. The summed E-state index contributed by atoms with van der Waals surface area (Å²) in [5.74, 6) is -2.95. The van der Waals surface area contributed by atoms with Gasteiger partial charge in [0.25, 0.3) is 0 Å². The molecule has 10 heteroatoms. The van der Waals surface area contributed by atoms with Crippen molar-refractivity contribution in [1.29, 1.82) is 0 Å². The van der Waals surface area contributed by atoms with Gasteiger partial charge in [0.1, 0.15) is 11.9 Å². The summed E-state index contributed by atoms with van der Waals surface area (Å²) in [6.07, 6.45) is -5.88. The van der Waals surface area contributed by atoms with Gasteiger partial charge in [0, 0.05) is 28.3 Å². The van der Waals surface area contributed by atoms with Crippen LogP contribution >= 0.6 is 0 Å². The third-order valence-electron chi connectivity index (χ3n) is 6.99. The molecule has 0 saturated carbocycles. The second kappa shape index (κ2) is 8.86. The first-order chi connectivity index (χ1) is 15.9. The Bertz CT molecular complexity index is 1080. The van der Waals surface area contributed by atoms with Crippen molar-refractivity contribution >= 4 is 17.5 Å². The Morgan fingerprint density at radius 2 is 1.76 bits per heavy atom. The van der Waals surface area contributed by atoms with Gasteiger partial charge in [-0.25, -0.2) is 0 Å². The third kappa shape index (κ3) is 3.85. The lowest BCUT2D eigenvalue weighted by atomic mass is 9.75. The SMILES string of the molecule is CC1OC(CC(=O)O)C(O)C2=C1C(=O)c1ccc(C3CC(N(C)C)C(O)C(C)O3)c(O)c1C2=O. The van der Waals surface area contributed by atoms with Crippen LogP contribution in [0.3, 0.4) is 0 Å². The average molecular weight is 475 g/mol. The van der Waals surface area contributed by atoms with Crippen LogP contribution in [0, 0.1) is 0 Å². The van der Waals surface area contributed by atoms with E-state index in [0.717, 1.165) is 0 Å². The van der Waals surface area contributed by atoms with E-state index >= 15 is 0 Å². The van der Waals surface area contributed by atoms with Gasteiger partial charge in [0.05, 0.1) is 42.5 Å². The molecule has 7 atom stereocenters. The van der Waals surface area contributed by atoms with E-state index in [1.807, 2.05) is 19.0 Å². The van der Waals surface area contributed by atoms with E-state index in [-0.39, 0.29) is 28.3 Å². The smallest absolute Gasteiger partial charge is 0.306 e. The van der Waals surface area contributed by atoms with Crippen molar-refractivity contribution in [3.8, 4) is 5.75 Å². The van der Waals surface area contributed by atoms with Crippen LogP contribution in [0.4, 0.5) is 0 Å². The highest BCUT2D eigenvalue weighted by Crippen LogP contribution is 2.44. The van der Waals surface area contributed by atoms with Gasteiger partial charge in [0.15, 0.2) is 11.6 Å². The molecule has 1 aromatic carbocycles. The molecule has 34 heavy (non-hydrogen) atoms. The molecule has 184 valence electrons. The number of carbonyl (C=O) groups is 3. The number of benzene rings is 1. The van der Waals surface area contributed by atoms with Gasteiger partial charge in [-0.2, -0.15) is 0 Å². The second-order valence-corrected chi connectivity index (χ2v) is 9.36. The minimum Gasteiger partial charge on any atom is -0.507 e. The second-order valence-electron chi connectivity index (χ2n) is 9.36. The number of rotatable bonds is 4. The molecule has 2 heterocycles. The minimum atomic E-state index is -1.63. The molecule has 7 unspecified atom stereocenters. The van der Waals surface area contributed by atoms with Gasteiger partial charge in [-0.15, -0.1) is 0 Å². The molecule has 2 aliphatic heterocycles. The van der Waals surface area contributed by atoms with E-state index in [1.54, 1.807) is 6.92 Å². The fraction of sp³-hybridized carbons (Fsp3) is 0.542. The Kier molecular flexibility index (Phi) is 6.38. The van der Waals surface area contributed by atoms with Crippen LogP contribution in [0.2, 0.25) is 0 Å². The number of ether oxygens (including phenoxy) is 2. The summed E-state index contributed by atoms with van der Waals surface area (Å²) in [4.78, 5) is 39.8. The Morgan fingerprint density at radius 3 is 2.38 bits per heavy atom. The Hall–Kier alpha value is -2.63.